The van der Waals surface area contributed by atoms with Crippen molar-refractivity contribution in [2.45, 2.75) is 53.0 Å². The SMILES string of the molecule is CC.CC(=O)C(C)CC(=O)CCC(N)C(=O)O. The Balaban J connectivity index is 0. The summed E-state index contributed by atoms with van der Waals surface area (Å²) in [4.78, 5) is 32.5. The molecule has 0 bridgehead atoms. The van der Waals surface area contributed by atoms with Crippen LogP contribution in [0.4, 0.5) is 0 Å². The molecule has 0 aliphatic heterocycles. The van der Waals surface area contributed by atoms with Crippen LogP contribution in [0, 0.1) is 5.92 Å². The summed E-state index contributed by atoms with van der Waals surface area (Å²) in [5.41, 5.74) is 5.24. The molecule has 100 valence electrons. The largest absolute Gasteiger partial charge is 0.480 e. The number of Topliss-reactive ketones (excluding diaryl/α,β-unsaturated/α-hetero) is 2. The van der Waals surface area contributed by atoms with Crippen LogP contribution in [0.15, 0.2) is 0 Å². The van der Waals surface area contributed by atoms with Crippen molar-refractivity contribution in [1.29, 1.82) is 0 Å². The number of carbonyl (C=O) groups excluding carboxylic acids is 2. The van der Waals surface area contributed by atoms with Crippen LogP contribution >= 0.6 is 0 Å². The zero-order chi connectivity index (χ0) is 14.0. The van der Waals surface area contributed by atoms with Crippen molar-refractivity contribution in [3.05, 3.63) is 0 Å². The molecule has 2 unspecified atom stereocenters. The van der Waals surface area contributed by atoms with Gasteiger partial charge in [-0.3, -0.25) is 14.4 Å². The van der Waals surface area contributed by atoms with Crippen molar-refractivity contribution in [3.63, 3.8) is 0 Å². The minimum Gasteiger partial charge on any atom is -0.480 e. The zero-order valence-electron chi connectivity index (χ0n) is 11.0. The van der Waals surface area contributed by atoms with Crippen molar-refractivity contribution >= 4 is 17.5 Å². The van der Waals surface area contributed by atoms with E-state index in [1.165, 1.54) is 6.92 Å². The van der Waals surface area contributed by atoms with Crippen LogP contribution in [0.2, 0.25) is 0 Å². The van der Waals surface area contributed by atoms with Crippen LogP contribution < -0.4 is 5.73 Å². The Morgan fingerprint density at radius 2 is 1.71 bits per heavy atom. The van der Waals surface area contributed by atoms with Crippen molar-refractivity contribution in [2.24, 2.45) is 11.7 Å². The second-order valence-corrected chi connectivity index (χ2v) is 3.74. The van der Waals surface area contributed by atoms with E-state index in [1.54, 1.807) is 6.92 Å². The van der Waals surface area contributed by atoms with Gasteiger partial charge in [0.2, 0.25) is 0 Å². The van der Waals surface area contributed by atoms with Crippen LogP contribution in [0.1, 0.15) is 47.0 Å². The average Bonchev–Trinajstić information content (AvgIpc) is 2.28. The van der Waals surface area contributed by atoms with E-state index >= 15 is 0 Å². The minimum absolute atomic E-state index is 0.0362. The number of carboxylic acid groups (broad SMARTS) is 1. The van der Waals surface area contributed by atoms with Gasteiger partial charge in [-0.1, -0.05) is 20.8 Å². The third kappa shape index (κ3) is 9.68. The van der Waals surface area contributed by atoms with E-state index in [2.05, 4.69) is 0 Å². The fraction of sp³-hybridized carbons (Fsp3) is 0.750. The molecule has 5 heteroatoms. The minimum atomic E-state index is -1.11. The molecule has 0 fully saturated rings. The smallest absolute Gasteiger partial charge is 0.320 e. The van der Waals surface area contributed by atoms with Gasteiger partial charge in [-0.15, -0.1) is 0 Å². The second kappa shape index (κ2) is 9.96. The van der Waals surface area contributed by atoms with Gasteiger partial charge < -0.3 is 10.8 Å². The molecular formula is C12H23NO4. The number of hydrogen-bond donors (Lipinski definition) is 2. The van der Waals surface area contributed by atoms with E-state index in [0.29, 0.717) is 0 Å². The molecule has 0 amide bonds. The van der Waals surface area contributed by atoms with E-state index in [-0.39, 0.29) is 36.7 Å². The summed E-state index contributed by atoms with van der Waals surface area (Å²) < 4.78 is 0. The molecule has 0 radical (unpaired) electrons. The van der Waals surface area contributed by atoms with Gasteiger partial charge in [0.05, 0.1) is 0 Å². The van der Waals surface area contributed by atoms with Crippen LogP contribution in [-0.4, -0.2) is 28.7 Å². The molecule has 0 saturated heterocycles. The normalized spacial score (nSPS) is 13.0. The molecule has 5 nitrogen and oxygen atoms in total. The lowest BCUT2D eigenvalue weighted by Crippen LogP contribution is -2.30. The number of rotatable bonds is 7. The van der Waals surface area contributed by atoms with Crippen molar-refractivity contribution in [1.82, 2.24) is 0 Å². The third-order valence-electron chi connectivity index (χ3n) is 2.28. The summed E-state index contributed by atoms with van der Waals surface area (Å²) in [5.74, 6) is -1.55. The first kappa shape index (κ1) is 18.1. The number of ketones is 2. The highest BCUT2D eigenvalue weighted by Gasteiger charge is 2.16. The standard InChI is InChI=1S/C10H17NO4.C2H6/c1-6(7(2)12)5-8(13)3-4-9(11)10(14)15;1-2/h6,9H,3-5,11H2,1-2H3,(H,14,15);1-2H3. The topological polar surface area (TPSA) is 97.5 Å². The summed E-state index contributed by atoms with van der Waals surface area (Å²) in [6, 6.07) is -0.999. The molecule has 0 aromatic carbocycles. The third-order valence-corrected chi connectivity index (χ3v) is 2.28. The molecule has 3 N–H and O–H groups in total. The number of carbonyl (C=O) groups is 3. The van der Waals surface area contributed by atoms with Crippen LogP contribution in [0.5, 0.6) is 0 Å². The summed E-state index contributed by atoms with van der Waals surface area (Å²) >= 11 is 0. The molecule has 0 aliphatic rings. The fourth-order valence-electron chi connectivity index (χ4n) is 1.03. The van der Waals surface area contributed by atoms with Crippen molar-refractivity contribution in [2.75, 3.05) is 0 Å². The Morgan fingerprint density at radius 3 is 2.06 bits per heavy atom. The van der Waals surface area contributed by atoms with Crippen LogP contribution in [0.3, 0.4) is 0 Å². The highest BCUT2D eigenvalue weighted by molar-refractivity contribution is 5.86. The first-order valence-corrected chi connectivity index (χ1v) is 5.85. The average molecular weight is 245 g/mol. The monoisotopic (exact) mass is 245 g/mol. The van der Waals surface area contributed by atoms with E-state index in [1.807, 2.05) is 13.8 Å². The molecular weight excluding hydrogens is 222 g/mol. The zero-order valence-corrected chi connectivity index (χ0v) is 11.0. The van der Waals surface area contributed by atoms with E-state index in [4.69, 9.17) is 10.8 Å². The Hall–Kier alpha value is -1.23. The summed E-state index contributed by atoms with van der Waals surface area (Å²) in [6.07, 6.45) is 0.408. The van der Waals surface area contributed by atoms with E-state index in [9.17, 15) is 14.4 Å². The van der Waals surface area contributed by atoms with Gasteiger partial charge in [0.1, 0.15) is 17.6 Å². The molecule has 0 spiro atoms. The van der Waals surface area contributed by atoms with Gasteiger partial charge >= 0.3 is 5.97 Å². The van der Waals surface area contributed by atoms with Gasteiger partial charge in [0, 0.05) is 18.8 Å². The Bertz CT molecular complexity index is 263. The first-order valence-electron chi connectivity index (χ1n) is 5.85. The van der Waals surface area contributed by atoms with E-state index < -0.39 is 12.0 Å². The molecule has 0 aromatic rings. The molecule has 0 aromatic heterocycles. The molecule has 0 heterocycles. The number of aliphatic carboxylic acids is 1. The maximum absolute atomic E-state index is 11.3. The Kier molecular flexibility index (Phi) is 10.6. The second-order valence-electron chi connectivity index (χ2n) is 3.74. The first-order chi connectivity index (χ1) is 7.84. The molecule has 0 aliphatic carbocycles. The van der Waals surface area contributed by atoms with Gasteiger partial charge in [-0.25, -0.2) is 0 Å². The Morgan fingerprint density at radius 1 is 1.24 bits per heavy atom. The lowest BCUT2D eigenvalue weighted by molar-refractivity contribution is -0.138. The van der Waals surface area contributed by atoms with Crippen LogP contribution in [0.25, 0.3) is 0 Å². The maximum atomic E-state index is 11.3. The quantitative estimate of drug-likeness (QED) is 0.706. The summed E-state index contributed by atoms with van der Waals surface area (Å²) in [7, 11) is 0. The number of hydrogen-bond acceptors (Lipinski definition) is 4. The predicted molar refractivity (Wildman–Crippen MR) is 65.7 cm³/mol. The molecule has 0 rings (SSSR count). The van der Waals surface area contributed by atoms with Gasteiger partial charge in [-0.2, -0.15) is 0 Å². The summed E-state index contributed by atoms with van der Waals surface area (Å²) in [5, 5.41) is 8.47. The lowest BCUT2D eigenvalue weighted by atomic mass is 9.97. The van der Waals surface area contributed by atoms with Crippen molar-refractivity contribution < 1.29 is 19.5 Å². The molecule has 2 atom stereocenters. The molecule has 17 heavy (non-hydrogen) atoms. The number of nitrogens with two attached hydrogens (primary N) is 1. The predicted octanol–water partition coefficient (Wildman–Crippen LogP) is 1.39. The lowest BCUT2D eigenvalue weighted by Gasteiger charge is -2.08. The fourth-order valence-corrected chi connectivity index (χ4v) is 1.03. The van der Waals surface area contributed by atoms with Gasteiger partial charge in [-0.05, 0) is 13.3 Å². The Labute approximate surface area is 102 Å². The van der Waals surface area contributed by atoms with Crippen LogP contribution in [-0.2, 0) is 14.4 Å². The van der Waals surface area contributed by atoms with E-state index in [0.717, 1.165) is 0 Å². The maximum Gasteiger partial charge on any atom is 0.320 e. The number of carboxylic acids is 1. The van der Waals surface area contributed by atoms with Gasteiger partial charge in [0.25, 0.3) is 0 Å². The summed E-state index contributed by atoms with van der Waals surface area (Å²) in [6.45, 7) is 7.11. The highest BCUT2D eigenvalue weighted by Crippen LogP contribution is 2.07. The highest BCUT2D eigenvalue weighted by atomic mass is 16.4. The van der Waals surface area contributed by atoms with Crippen molar-refractivity contribution in [3.8, 4) is 0 Å². The molecule has 0 saturated carbocycles. The van der Waals surface area contributed by atoms with Gasteiger partial charge in [0.15, 0.2) is 0 Å².